The summed E-state index contributed by atoms with van der Waals surface area (Å²) in [7, 11) is 1.57. The fourth-order valence-corrected chi connectivity index (χ4v) is 1.79. The van der Waals surface area contributed by atoms with Crippen LogP contribution in [0.15, 0.2) is 24.3 Å². The number of ether oxygens (including phenoxy) is 1. The lowest BCUT2D eigenvalue weighted by Gasteiger charge is -2.17. The summed E-state index contributed by atoms with van der Waals surface area (Å²) in [6.07, 6.45) is -1.10. The van der Waals surface area contributed by atoms with Crippen LogP contribution >= 0.6 is 15.9 Å². The monoisotopic (exact) mass is 274 g/mol. The Kier molecular flexibility index (Phi) is 5.08. The summed E-state index contributed by atoms with van der Waals surface area (Å²) in [6.45, 7) is 0. The van der Waals surface area contributed by atoms with Gasteiger partial charge in [-0.15, -0.1) is 0 Å². The van der Waals surface area contributed by atoms with Gasteiger partial charge in [0.1, 0.15) is 11.9 Å². The molecule has 0 bridgehead atoms. The van der Waals surface area contributed by atoms with Crippen LogP contribution in [0.5, 0.6) is 5.75 Å². The summed E-state index contributed by atoms with van der Waals surface area (Å²) in [4.78, 5) is 0. The number of halogens is 1. The van der Waals surface area contributed by atoms with Crippen molar-refractivity contribution in [2.24, 2.45) is 0 Å². The van der Waals surface area contributed by atoms with Crippen molar-refractivity contribution in [2.45, 2.75) is 18.6 Å². The molecule has 0 saturated heterocycles. The highest BCUT2D eigenvalue weighted by molar-refractivity contribution is 9.09. The predicted octanol–water partition coefficient (Wildman–Crippen LogP) is 1.87. The fourth-order valence-electron chi connectivity index (χ4n) is 1.32. The molecular formula is C11H15BrO3. The normalized spacial score (nSPS) is 14.7. The Bertz CT molecular complexity index is 304. The van der Waals surface area contributed by atoms with Crippen LogP contribution in [-0.2, 0) is 0 Å². The molecular weight excluding hydrogens is 260 g/mol. The third-order valence-electron chi connectivity index (χ3n) is 2.20. The van der Waals surface area contributed by atoms with Gasteiger partial charge in [-0.2, -0.15) is 0 Å². The van der Waals surface area contributed by atoms with Gasteiger partial charge in [0, 0.05) is 5.33 Å². The molecule has 0 saturated carbocycles. The zero-order chi connectivity index (χ0) is 11.3. The molecule has 1 rings (SSSR count). The van der Waals surface area contributed by atoms with E-state index in [-0.39, 0.29) is 0 Å². The zero-order valence-electron chi connectivity index (χ0n) is 8.56. The van der Waals surface area contributed by atoms with Gasteiger partial charge in [-0.05, 0) is 24.1 Å². The molecule has 15 heavy (non-hydrogen) atoms. The van der Waals surface area contributed by atoms with Crippen molar-refractivity contribution in [3.05, 3.63) is 29.8 Å². The summed E-state index contributed by atoms with van der Waals surface area (Å²) >= 11 is 3.22. The molecule has 1 aromatic carbocycles. The topological polar surface area (TPSA) is 49.7 Å². The molecule has 3 nitrogen and oxygen atoms in total. The van der Waals surface area contributed by atoms with E-state index in [4.69, 9.17) is 4.74 Å². The van der Waals surface area contributed by atoms with Crippen molar-refractivity contribution in [1.29, 1.82) is 0 Å². The molecule has 0 aliphatic heterocycles. The van der Waals surface area contributed by atoms with Gasteiger partial charge in [0.05, 0.1) is 13.2 Å². The summed E-state index contributed by atoms with van der Waals surface area (Å²) in [5.41, 5.74) is 0.669. The first-order chi connectivity index (χ1) is 7.19. The Morgan fingerprint density at radius 3 is 2.73 bits per heavy atom. The number of benzene rings is 1. The molecule has 0 radical (unpaired) electrons. The smallest absolute Gasteiger partial charge is 0.119 e. The van der Waals surface area contributed by atoms with Gasteiger partial charge >= 0.3 is 0 Å². The predicted molar refractivity (Wildman–Crippen MR) is 62.4 cm³/mol. The third-order valence-corrected chi connectivity index (χ3v) is 2.66. The number of aliphatic hydroxyl groups excluding tert-OH is 2. The lowest BCUT2D eigenvalue weighted by molar-refractivity contribution is 0.0172. The van der Waals surface area contributed by atoms with Crippen molar-refractivity contribution >= 4 is 15.9 Å². The zero-order valence-corrected chi connectivity index (χ0v) is 10.1. The first-order valence-corrected chi connectivity index (χ1v) is 5.87. The molecule has 0 fully saturated rings. The Hall–Kier alpha value is -0.580. The van der Waals surface area contributed by atoms with Gasteiger partial charge in [0.15, 0.2) is 0 Å². The lowest BCUT2D eigenvalue weighted by atomic mass is 10.0. The minimum absolute atomic E-state index is 0.512. The highest BCUT2D eigenvalue weighted by Crippen LogP contribution is 2.23. The van der Waals surface area contributed by atoms with E-state index in [0.29, 0.717) is 23.1 Å². The highest BCUT2D eigenvalue weighted by atomic mass is 79.9. The van der Waals surface area contributed by atoms with E-state index in [1.54, 1.807) is 31.4 Å². The van der Waals surface area contributed by atoms with Crippen molar-refractivity contribution in [2.75, 3.05) is 12.4 Å². The average molecular weight is 275 g/mol. The maximum Gasteiger partial charge on any atom is 0.119 e. The fraction of sp³-hybridized carbons (Fsp3) is 0.455. The van der Waals surface area contributed by atoms with Gasteiger partial charge < -0.3 is 14.9 Å². The van der Waals surface area contributed by atoms with Crippen LogP contribution in [0.1, 0.15) is 18.1 Å². The molecule has 0 spiro atoms. The minimum Gasteiger partial charge on any atom is -0.497 e. The number of alkyl halides is 1. The molecule has 0 aliphatic rings. The first kappa shape index (κ1) is 12.5. The van der Waals surface area contributed by atoms with E-state index in [0.717, 1.165) is 0 Å². The molecule has 0 aromatic heterocycles. The number of hydrogen-bond donors (Lipinski definition) is 2. The molecule has 0 amide bonds. The summed E-state index contributed by atoms with van der Waals surface area (Å²) in [5.74, 6) is 0.678. The van der Waals surface area contributed by atoms with Crippen LogP contribution in [0.25, 0.3) is 0 Å². The highest BCUT2D eigenvalue weighted by Gasteiger charge is 2.17. The number of rotatable bonds is 5. The van der Waals surface area contributed by atoms with E-state index in [2.05, 4.69) is 15.9 Å². The second-order valence-corrected chi connectivity index (χ2v) is 4.06. The number of hydrogen-bond acceptors (Lipinski definition) is 3. The Labute approximate surface area is 97.8 Å². The largest absolute Gasteiger partial charge is 0.497 e. The first-order valence-electron chi connectivity index (χ1n) is 4.75. The van der Waals surface area contributed by atoms with E-state index in [9.17, 15) is 10.2 Å². The lowest BCUT2D eigenvalue weighted by Crippen LogP contribution is -2.18. The van der Waals surface area contributed by atoms with E-state index >= 15 is 0 Å². The minimum atomic E-state index is -0.863. The van der Waals surface area contributed by atoms with Crippen molar-refractivity contribution in [3.63, 3.8) is 0 Å². The van der Waals surface area contributed by atoms with E-state index in [1.807, 2.05) is 0 Å². The Morgan fingerprint density at radius 2 is 2.13 bits per heavy atom. The number of methoxy groups -OCH3 is 1. The van der Waals surface area contributed by atoms with Crippen molar-refractivity contribution < 1.29 is 14.9 Å². The van der Waals surface area contributed by atoms with Crippen LogP contribution in [0.3, 0.4) is 0 Å². The van der Waals surface area contributed by atoms with Gasteiger partial charge in [-0.1, -0.05) is 28.1 Å². The standard InChI is InChI=1S/C11H15BrO3/c1-15-9-4-2-3-8(7-9)11(14)10(13)5-6-12/h2-4,7,10-11,13-14H,5-6H2,1H3. The second kappa shape index (κ2) is 6.10. The van der Waals surface area contributed by atoms with Crippen molar-refractivity contribution in [3.8, 4) is 5.75 Å². The number of aliphatic hydroxyl groups is 2. The van der Waals surface area contributed by atoms with E-state index in [1.165, 1.54) is 0 Å². The van der Waals surface area contributed by atoms with Gasteiger partial charge in [0.2, 0.25) is 0 Å². The average Bonchev–Trinajstić information content (AvgIpc) is 2.28. The molecule has 1 aromatic rings. The summed E-state index contributed by atoms with van der Waals surface area (Å²) < 4.78 is 5.04. The van der Waals surface area contributed by atoms with Crippen molar-refractivity contribution in [1.82, 2.24) is 0 Å². The quantitative estimate of drug-likeness (QED) is 0.807. The summed E-state index contributed by atoms with van der Waals surface area (Å²) in [6, 6.07) is 7.08. The molecule has 84 valence electrons. The van der Waals surface area contributed by atoms with Gasteiger partial charge in [0.25, 0.3) is 0 Å². The van der Waals surface area contributed by atoms with Crippen LogP contribution in [0.4, 0.5) is 0 Å². The van der Waals surface area contributed by atoms with Crippen LogP contribution < -0.4 is 4.74 Å². The molecule has 2 N–H and O–H groups in total. The summed E-state index contributed by atoms with van der Waals surface area (Å²) in [5, 5.41) is 20.1. The Morgan fingerprint density at radius 1 is 1.40 bits per heavy atom. The molecule has 4 heteroatoms. The van der Waals surface area contributed by atoms with Crippen LogP contribution in [0.2, 0.25) is 0 Å². The van der Waals surface area contributed by atoms with E-state index < -0.39 is 12.2 Å². The molecule has 0 aliphatic carbocycles. The molecule has 2 unspecified atom stereocenters. The SMILES string of the molecule is COc1cccc(C(O)C(O)CCBr)c1. The van der Waals surface area contributed by atoms with Crippen LogP contribution in [0, 0.1) is 0 Å². The van der Waals surface area contributed by atoms with Gasteiger partial charge in [-0.3, -0.25) is 0 Å². The third kappa shape index (κ3) is 3.48. The molecule has 0 heterocycles. The van der Waals surface area contributed by atoms with Gasteiger partial charge in [-0.25, -0.2) is 0 Å². The maximum atomic E-state index is 9.81. The maximum absolute atomic E-state index is 9.81. The Balaban J connectivity index is 2.76. The molecule has 2 atom stereocenters. The second-order valence-electron chi connectivity index (χ2n) is 3.27. The van der Waals surface area contributed by atoms with Crippen LogP contribution in [-0.4, -0.2) is 28.8 Å².